The van der Waals surface area contributed by atoms with E-state index in [9.17, 15) is 0 Å². The maximum atomic E-state index is 4.65. The number of rotatable bonds is 7. The van der Waals surface area contributed by atoms with E-state index < -0.39 is 0 Å². The number of pyridine rings is 1. The summed E-state index contributed by atoms with van der Waals surface area (Å²) in [6.07, 6.45) is 1.90. The van der Waals surface area contributed by atoms with Crippen LogP contribution in [0.15, 0.2) is 79.0 Å². The van der Waals surface area contributed by atoms with Crippen molar-refractivity contribution in [1.29, 1.82) is 0 Å². The van der Waals surface area contributed by atoms with Gasteiger partial charge in [-0.1, -0.05) is 60.7 Å². The third-order valence-corrected chi connectivity index (χ3v) is 3.89. The predicted octanol–water partition coefficient (Wildman–Crippen LogP) is 4.72. The highest BCUT2D eigenvalue weighted by molar-refractivity contribution is 5.49. The average molecular weight is 317 g/mol. The second-order valence-corrected chi connectivity index (χ2v) is 5.76. The first-order valence-corrected chi connectivity index (χ1v) is 8.38. The molecule has 0 bridgehead atoms. The van der Waals surface area contributed by atoms with Crippen LogP contribution >= 0.6 is 0 Å². The maximum absolute atomic E-state index is 4.65. The molecule has 0 spiro atoms. The zero-order valence-corrected chi connectivity index (χ0v) is 14.0. The molecule has 0 aliphatic carbocycles. The molecule has 0 amide bonds. The van der Waals surface area contributed by atoms with E-state index in [0.717, 1.165) is 31.1 Å². The Morgan fingerprint density at radius 3 is 1.83 bits per heavy atom. The smallest absolute Gasteiger partial charge is 0.129 e. The summed E-state index contributed by atoms with van der Waals surface area (Å²) in [5, 5.41) is 3.29. The van der Waals surface area contributed by atoms with Crippen molar-refractivity contribution in [2.45, 2.75) is 20.0 Å². The second-order valence-electron chi connectivity index (χ2n) is 5.76. The highest BCUT2D eigenvalue weighted by Crippen LogP contribution is 2.19. The number of benzene rings is 2. The highest BCUT2D eigenvalue weighted by atomic mass is 15.2. The summed E-state index contributed by atoms with van der Waals surface area (Å²) in [6, 6.07) is 25.2. The van der Waals surface area contributed by atoms with Gasteiger partial charge in [0.15, 0.2) is 0 Å². The van der Waals surface area contributed by atoms with Gasteiger partial charge in [-0.2, -0.15) is 0 Å². The monoisotopic (exact) mass is 317 g/mol. The van der Waals surface area contributed by atoms with E-state index in [0.29, 0.717) is 0 Å². The molecule has 1 N–H and O–H groups in total. The van der Waals surface area contributed by atoms with Crippen molar-refractivity contribution in [3.63, 3.8) is 0 Å². The molecule has 3 aromatic rings. The molecule has 24 heavy (non-hydrogen) atoms. The minimum absolute atomic E-state index is 0.837. The van der Waals surface area contributed by atoms with Gasteiger partial charge >= 0.3 is 0 Å². The third kappa shape index (κ3) is 4.35. The van der Waals surface area contributed by atoms with Crippen molar-refractivity contribution in [2.75, 3.05) is 16.8 Å². The van der Waals surface area contributed by atoms with Gasteiger partial charge in [-0.25, -0.2) is 4.98 Å². The van der Waals surface area contributed by atoms with Crippen LogP contribution in [0.25, 0.3) is 0 Å². The molecule has 0 saturated heterocycles. The molecule has 0 saturated carbocycles. The molecule has 1 aromatic heterocycles. The highest BCUT2D eigenvalue weighted by Gasteiger charge is 2.10. The number of hydrogen-bond acceptors (Lipinski definition) is 3. The van der Waals surface area contributed by atoms with Gasteiger partial charge in [0.25, 0.3) is 0 Å². The topological polar surface area (TPSA) is 28.2 Å². The Hall–Kier alpha value is -2.81. The van der Waals surface area contributed by atoms with Crippen molar-refractivity contribution >= 4 is 11.5 Å². The molecule has 0 atom stereocenters. The first kappa shape index (κ1) is 16.1. The summed E-state index contributed by atoms with van der Waals surface area (Å²) in [7, 11) is 0. The number of nitrogens with zero attached hydrogens (tertiary/aromatic N) is 2. The first-order chi connectivity index (χ1) is 11.8. The van der Waals surface area contributed by atoms with Crippen LogP contribution in [-0.4, -0.2) is 11.5 Å². The predicted molar refractivity (Wildman–Crippen MR) is 101 cm³/mol. The zero-order valence-electron chi connectivity index (χ0n) is 14.0. The fourth-order valence-electron chi connectivity index (χ4n) is 2.71. The van der Waals surface area contributed by atoms with Gasteiger partial charge in [0, 0.05) is 19.6 Å². The standard InChI is InChI=1S/C21H23N3/c1-2-22-20-13-14-21(23-15-20)24(16-18-9-5-3-6-10-18)17-19-11-7-4-8-12-19/h3-15,22H,2,16-17H2,1H3. The molecule has 0 fully saturated rings. The van der Waals surface area contributed by atoms with Crippen LogP contribution in [0.4, 0.5) is 11.5 Å². The first-order valence-electron chi connectivity index (χ1n) is 8.38. The molecular weight excluding hydrogens is 294 g/mol. The Labute approximate surface area is 144 Å². The summed E-state index contributed by atoms with van der Waals surface area (Å²) >= 11 is 0. The van der Waals surface area contributed by atoms with E-state index in [2.05, 4.69) is 94.9 Å². The van der Waals surface area contributed by atoms with Crippen LogP contribution in [0, 0.1) is 0 Å². The van der Waals surface area contributed by atoms with Crippen LogP contribution < -0.4 is 10.2 Å². The number of hydrogen-bond donors (Lipinski definition) is 1. The molecule has 1 heterocycles. The lowest BCUT2D eigenvalue weighted by molar-refractivity contribution is 0.783. The van der Waals surface area contributed by atoms with E-state index in [4.69, 9.17) is 0 Å². The van der Waals surface area contributed by atoms with Crippen molar-refractivity contribution in [1.82, 2.24) is 4.98 Å². The molecule has 0 aliphatic heterocycles. The average Bonchev–Trinajstić information content (AvgIpc) is 2.64. The summed E-state index contributed by atoms with van der Waals surface area (Å²) in [5.41, 5.74) is 3.62. The Morgan fingerprint density at radius 1 is 0.792 bits per heavy atom. The van der Waals surface area contributed by atoms with Crippen LogP contribution in [0.3, 0.4) is 0 Å². The van der Waals surface area contributed by atoms with Gasteiger partial charge in [-0.05, 0) is 30.2 Å². The van der Waals surface area contributed by atoms with E-state index in [1.165, 1.54) is 11.1 Å². The Morgan fingerprint density at radius 2 is 1.38 bits per heavy atom. The number of nitrogens with one attached hydrogen (secondary N) is 1. The minimum atomic E-state index is 0.837. The molecule has 3 heteroatoms. The lowest BCUT2D eigenvalue weighted by atomic mass is 10.1. The Balaban J connectivity index is 1.83. The lowest BCUT2D eigenvalue weighted by Crippen LogP contribution is -2.23. The molecule has 3 rings (SSSR count). The van der Waals surface area contributed by atoms with E-state index in [1.54, 1.807) is 0 Å². The number of aromatic nitrogens is 1. The number of anilines is 2. The maximum Gasteiger partial charge on any atom is 0.129 e. The van der Waals surface area contributed by atoms with Crippen LogP contribution in [-0.2, 0) is 13.1 Å². The molecule has 3 nitrogen and oxygen atoms in total. The fraction of sp³-hybridized carbons (Fsp3) is 0.190. The van der Waals surface area contributed by atoms with Gasteiger partial charge in [0.05, 0.1) is 11.9 Å². The van der Waals surface area contributed by atoms with Crippen molar-refractivity contribution in [2.24, 2.45) is 0 Å². The molecule has 0 unspecified atom stereocenters. The summed E-state index contributed by atoms with van der Waals surface area (Å²) in [5.74, 6) is 0.990. The molecule has 0 radical (unpaired) electrons. The molecule has 2 aromatic carbocycles. The second kappa shape index (κ2) is 8.16. The molecule has 0 aliphatic rings. The van der Waals surface area contributed by atoms with Gasteiger partial charge in [-0.15, -0.1) is 0 Å². The summed E-state index contributed by atoms with van der Waals surface area (Å²) in [6.45, 7) is 4.66. The van der Waals surface area contributed by atoms with Gasteiger partial charge in [0.2, 0.25) is 0 Å². The molecule has 122 valence electrons. The summed E-state index contributed by atoms with van der Waals surface area (Å²) < 4.78 is 0. The van der Waals surface area contributed by atoms with E-state index in [-0.39, 0.29) is 0 Å². The van der Waals surface area contributed by atoms with Gasteiger partial charge in [0.1, 0.15) is 5.82 Å². The van der Waals surface area contributed by atoms with Gasteiger partial charge in [-0.3, -0.25) is 0 Å². The van der Waals surface area contributed by atoms with Crippen LogP contribution in [0.2, 0.25) is 0 Å². The molecular formula is C21H23N3. The van der Waals surface area contributed by atoms with E-state index in [1.807, 2.05) is 6.20 Å². The van der Waals surface area contributed by atoms with Gasteiger partial charge < -0.3 is 10.2 Å². The summed E-state index contributed by atoms with van der Waals surface area (Å²) in [4.78, 5) is 6.96. The quantitative estimate of drug-likeness (QED) is 0.683. The Kier molecular flexibility index (Phi) is 5.46. The third-order valence-electron chi connectivity index (χ3n) is 3.89. The van der Waals surface area contributed by atoms with Crippen LogP contribution in [0.5, 0.6) is 0 Å². The fourth-order valence-corrected chi connectivity index (χ4v) is 2.71. The van der Waals surface area contributed by atoms with Crippen LogP contribution in [0.1, 0.15) is 18.1 Å². The minimum Gasteiger partial charge on any atom is -0.384 e. The van der Waals surface area contributed by atoms with Crippen molar-refractivity contribution < 1.29 is 0 Å². The van der Waals surface area contributed by atoms with Crippen molar-refractivity contribution in [3.8, 4) is 0 Å². The Bertz CT molecular complexity index is 683. The normalized spacial score (nSPS) is 10.4. The van der Waals surface area contributed by atoms with Crippen molar-refractivity contribution in [3.05, 3.63) is 90.1 Å². The SMILES string of the molecule is CCNc1ccc(N(Cc2ccccc2)Cc2ccccc2)nc1. The largest absolute Gasteiger partial charge is 0.384 e. The lowest BCUT2D eigenvalue weighted by Gasteiger charge is -2.24. The zero-order chi connectivity index (χ0) is 16.6. The van der Waals surface area contributed by atoms with E-state index >= 15 is 0 Å².